The highest BCUT2D eigenvalue weighted by Crippen LogP contribution is 2.22. The molecule has 1 saturated heterocycles. The summed E-state index contributed by atoms with van der Waals surface area (Å²) < 4.78 is 2.26. The highest BCUT2D eigenvalue weighted by Gasteiger charge is 2.26. The van der Waals surface area contributed by atoms with Crippen LogP contribution in [0.2, 0.25) is 0 Å². The largest absolute Gasteiger partial charge is 0.306 e. The predicted octanol–water partition coefficient (Wildman–Crippen LogP) is 2.67. The van der Waals surface area contributed by atoms with Gasteiger partial charge >= 0.3 is 0 Å². The lowest BCUT2D eigenvalue weighted by atomic mass is 10.00. The van der Waals surface area contributed by atoms with E-state index in [4.69, 9.17) is 0 Å². The van der Waals surface area contributed by atoms with Gasteiger partial charge in [-0.3, -0.25) is 0 Å². The van der Waals surface area contributed by atoms with Gasteiger partial charge in [0.15, 0.2) is 0 Å². The molecule has 0 aromatic carbocycles. The van der Waals surface area contributed by atoms with Crippen molar-refractivity contribution in [3.63, 3.8) is 0 Å². The minimum Gasteiger partial charge on any atom is -0.306 e. The lowest BCUT2D eigenvalue weighted by Gasteiger charge is -2.42. The van der Waals surface area contributed by atoms with Crippen molar-refractivity contribution in [2.24, 2.45) is 0 Å². The van der Waals surface area contributed by atoms with Crippen LogP contribution in [0.1, 0.15) is 59.6 Å². The maximum atomic E-state index is 4.35. The zero-order valence-electron chi connectivity index (χ0n) is 13.0. The average molecular weight is 264 g/mol. The Balaban J connectivity index is 2.14. The second-order valence-corrected chi connectivity index (χ2v) is 6.84. The second-order valence-electron chi connectivity index (χ2n) is 6.84. The van der Waals surface area contributed by atoms with Crippen LogP contribution < -0.4 is 10.3 Å². The molecule has 1 fully saturated rings. The molecule has 2 unspecified atom stereocenters. The fourth-order valence-electron chi connectivity index (χ4n) is 2.84. The van der Waals surface area contributed by atoms with Gasteiger partial charge in [0.2, 0.25) is 0 Å². The van der Waals surface area contributed by atoms with E-state index >= 15 is 0 Å². The summed E-state index contributed by atoms with van der Waals surface area (Å²) in [7, 11) is 0. The third-order valence-electron chi connectivity index (χ3n) is 3.89. The quantitative estimate of drug-likeness (QED) is 0.911. The van der Waals surface area contributed by atoms with Gasteiger partial charge in [0.25, 0.3) is 0 Å². The van der Waals surface area contributed by atoms with Crippen molar-refractivity contribution in [3.05, 3.63) is 18.2 Å². The summed E-state index contributed by atoms with van der Waals surface area (Å²) in [4.78, 5) is 4.35. The Morgan fingerprint density at radius 3 is 2.47 bits per heavy atom. The van der Waals surface area contributed by atoms with Crippen molar-refractivity contribution in [1.29, 1.82) is 0 Å². The molecule has 4 nitrogen and oxygen atoms in total. The number of piperidine rings is 1. The molecule has 4 heteroatoms. The van der Waals surface area contributed by atoms with Crippen LogP contribution in [-0.2, 0) is 6.54 Å². The van der Waals surface area contributed by atoms with Gasteiger partial charge < -0.3 is 10.3 Å². The van der Waals surface area contributed by atoms with Crippen molar-refractivity contribution < 1.29 is 0 Å². The third-order valence-corrected chi connectivity index (χ3v) is 3.89. The molecule has 0 saturated carbocycles. The van der Waals surface area contributed by atoms with E-state index in [1.54, 1.807) is 0 Å². The van der Waals surface area contributed by atoms with E-state index in [0.717, 1.165) is 6.54 Å². The summed E-state index contributed by atoms with van der Waals surface area (Å²) in [6, 6.07) is 1.18. The van der Waals surface area contributed by atoms with E-state index in [2.05, 4.69) is 54.6 Å². The van der Waals surface area contributed by atoms with Crippen LogP contribution in [0, 0.1) is 0 Å². The molecule has 1 aliphatic heterocycles. The van der Waals surface area contributed by atoms with E-state index in [-0.39, 0.29) is 5.54 Å². The average Bonchev–Trinajstić information content (AvgIpc) is 2.73. The predicted molar refractivity (Wildman–Crippen MR) is 79.8 cm³/mol. The highest BCUT2D eigenvalue weighted by molar-refractivity contribution is 5.09. The van der Waals surface area contributed by atoms with Crippen LogP contribution in [0.25, 0.3) is 0 Å². The number of hydrogen-bond donors (Lipinski definition) is 1. The number of nitrogens with one attached hydrogen (secondary N) is 1. The summed E-state index contributed by atoms with van der Waals surface area (Å²) in [5, 5.41) is 6.03. The Hall–Kier alpha value is -1.03. The fraction of sp³-hybridized carbons (Fsp3) is 0.800. The maximum absolute atomic E-state index is 4.35. The van der Waals surface area contributed by atoms with Crippen LogP contribution in [0.15, 0.2) is 12.5 Å². The smallest absolute Gasteiger partial charge is 0.114 e. The second kappa shape index (κ2) is 5.53. The summed E-state index contributed by atoms with van der Waals surface area (Å²) in [6.07, 6.45) is 7.82. The van der Waals surface area contributed by atoms with E-state index in [1.807, 2.05) is 12.5 Å². The molecule has 2 atom stereocenters. The van der Waals surface area contributed by atoms with Crippen LogP contribution >= 0.6 is 0 Å². The standard InChI is InChI=1S/C15H28N4/c1-12-7-6-8-13(2)19(12)18-11-16-9-14(18)10-17-15(3,4)5/h9,11-13,17H,6-8,10H2,1-5H3. The van der Waals surface area contributed by atoms with E-state index in [9.17, 15) is 0 Å². The lowest BCUT2D eigenvalue weighted by molar-refractivity contribution is 0.326. The van der Waals surface area contributed by atoms with Crippen molar-refractivity contribution in [1.82, 2.24) is 15.0 Å². The molecule has 1 aliphatic rings. The first-order valence-corrected chi connectivity index (χ1v) is 7.43. The van der Waals surface area contributed by atoms with Crippen LogP contribution in [0.3, 0.4) is 0 Å². The Morgan fingerprint density at radius 1 is 1.26 bits per heavy atom. The van der Waals surface area contributed by atoms with Gasteiger partial charge in [0.1, 0.15) is 6.33 Å². The van der Waals surface area contributed by atoms with Gasteiger partial charge in [0, 0.05) is 24.2 Å². The van der Waals surface area contributed by atoms with E-state index in [0.29, 0.717) is 12.1 Å². The zero-order valence-corrected chi connectivity index (χ0v) is 13.0. The van der Waals surface area contributed by atoms with E-state index in [1.165, 1.54) is 25.0 Å². The number of hydrogen-bond acceptors (Lipinski definition) is 3. The van der Waals surface area contributed by atoms with E-state index < -0.39 is 0 Å². The molecule has 108 valence electrons. The zero-order chi connectivity index (χ0) is 14.0. The molecule has 1 aromatic rings. The Morgan fingerprint density at radius 2 is 1.89 bits per heavy atom. The van der Waals surface area contributed by atoms with Crippen molar-refractivity contribution in [3.8, 4) is 0 Å². The van der Waals surface area contributed by atoms with Gasteiger partial charge in [-0.25, -0.2) is 9.66 Å². The molecule has 2 heterocycles. The van der Waals surface area contributed by atoms with Crippen molar-refractivity contribution in [2.45, 2.75) is 78.0 Å². The van der Waals surface area contributed by atoms with Crippen LogP contribution in [-0.4, -0.2) is 27.3 Å². The molecular weight excluding hydrogens is 236 g/mol. The summed E-state index contributed by atoms with van der Waals surface area (Å²) >= 11 is 0. The SMILES string of the molecule is CC1CCCC(C)N1n1cncc1CNC(C)(C)C. The maximum Gasteiger partial charge on any atom is 0.114 e. The van der Waals surface area contributed by atoms with Gasteiger partial charge in [-0.2, -0.15) is 0 Å². The molecule has 0 amide bonds. The minimum atomic E-state index is 0.133. The number of rotatable bonds is 3. The van der Waals surface area contributed by atoms with Crippen molar-refractivity contribution in [2.75, 3.05) is 5.01 Å². The van der Waals surface area contributed by atoms with Gasteiger partial charge in [-0.15, -0.1) is 0 Å². The van der Waals surface area contributed by atoms with Gasteiger partial charge in [0.05, 0.1) is 11.9 Å². The minimum absolute atomic E-state index is 0.133. The number of nitrogens with zero attached hydrogens (tertiary/aromatic N) is 3. The topological polar surface area (TPSA) is 33.1 Å². The summed E-state index contributed by atoms with van der Waals surface area (Å²) in [5.74, 6) is 0. The molecule has 2 rings (SSSR count). The Kier molecular flexibility index (Phi) is 4.19. The number of aromatic nitrogens is 2. The molecule has 19 heavy (non-hydrogen) atoms. The van der Waals surface area contributed by atoms with Crippen LogP contribution in [0.4, 0.5) is 0 Å². The molecule has 1 aromatic heterocycles. The van der Waals surface area contributed by atoms with Gasteiger partial charge in [-0.05, 0) is 53.9 Å². The Labute approximate surface area is 117 Å². The van der Waals surface area contributed by atoms with Crippen molar-refractivity contribution >= 4 is 0 Å². The monoisotopic (exact) mass is 264 g/mol. The first-order chi connectivity index (χ1) is 8.88. The number of imidazole rings is 1. The molecule has 1 N–H and O–H groups in total. The van der Waals surface area contributed by atoms with Crippen LogP contribution in [0.5, 0.6) is 0 Å². The summed E-state index contributed by atoms with van der Waals surface area (Å²) in [6.45, 7) is 12.1. The highest BCUT2D eigenvalue weighted by atomic mass is 15.6. The van der Waals surface area contributed by atoms with Gasteiger partial charge in [-0.1, -0.05) is 0 Å². The first kappa shape index (κ1) is 14.4. The normalized spacial score (nSPS) is 24.8. The molecule has 0 radical (unpaired) electrons. The Bertz CT molecular complexity index is 395. The first-order valence-electron chi connectivity index (χ1n) is 7.43. The third kappa shape index (κ3) is 3.50. The molecule has 0 spiro atoms. The fourth-order valence-corrected chi connectivity index (χ4v) is 2.84. The molecular formula is C15H28N4. The summed E-state index contributed by atoms with van der Waals surface area (Å²) in [5.41, 5.74) is 1.38. The lowest BCUT2D eigenvalue weighted by Crippen LogP contribution is -2.51. The molecule has 0 bridgehead atoms. The molecule has 0 aliphatic carbocycles.